The number of hydrogen-bond acceptors (Lipinski definition) is 29. The highest BCUT2D eigenvalue weighted by atomic mass is 16.8. The molecule has 38 atom stereocenters. The minimum absolute atomic E-state index is 0.0458. The number of aliphatic hydroxyl groups is 17. The molecule has 11 aliphatic rings. The molecule has 7 aliphatic heterocycles. The molecule has 11 rings (SSSR count). The zero-order chi connectivity index (χ0) is 61.1. The highest BCUT2D eigenvalue weighted by Crippen LogP contribution is 2.71. The second kappa shape index (κ2) is 25.4. The molecule has 4 unspecified atom stereocenters. The lowest BCUT2D eigenvalue weighted by Crippen LogP contribution is -2.67. The first-order chi connectivity index (χ1) is 40.3. The first-order valence-electron chi connectivity index (χ1n) is 30.5. The fourth-order valence-electron chi connectivity index (χ4n) is 17.5. The van der Waals surface area contributed by atoms with E-state index in [1.54, 1.807) is 0 Å². The third-order valence-electron chi connectivity index (χ3n) is 22.2. The smallest absolute Gasteiger partial charge is 0.187 e. The van der Waals surface area contributed by atoms with Crippen LogP contribution >= 0.6 is 0 Å². The molecule has 4 saturated carbocycles. The Morgan fingerprint density at radius 3 is 1.48 bits per heavy atom. The van der Waals surface area contributed by atoms with Crippen molar-refractivity contribution in [1.82, 2.24) is 0 Å². The van der Waals surface area contributed by atoms with Crippen molar-refractivity contribution < 1.29 is 144 Å². The Labute approximate surface area is 491 Å². The molecule has 0 radical (unpaired) electrons. The number of hydrogen-bond donors (Lipinski definition) is 17. The molecule has 29 nitrogen and oxygen atoms in total. The summed E-state index contributed by atoms with van der Waals surface area (Å²) < 4.78 is 70.9. The molecule has 0 aromatic carbocycles. The molecule has 11 fully saturated rings. The Morgan fingerprint density at radius 1 is 0.459 bits per heavy atom. The van der Waals surface area contributed by atoms with Gasteiger partial charge < -0.3 is 144 Å². The van der Waals surface area contributed by atoms with Gasteiger partial charge in [0.2, 0.25) is 0 Å². The molecule has 7 saturated heterocycles. The summed E-state index contributed by atoms with van der Waals surface area (Å²) in [6, 6.07) is 0. The molecule has 0 amide bonds. The van der Waals surface area contributed by atoms with Crippen molar-refractivity contribution in [3.05, 3.63) is 0 Å². The van der Waals surface area contributed by atoms with Gasteiger partial charge >= 0.3 is 0 Å². The van der Waals surface area contributed by atoms with Crippen LogP contribution in [0.3, 0.4) is 0 Å². The summed E-state index contributed by atoms with van der Waals surface area (Å²) in [6.07, 6.45) is -38.6. The average molecular weight is 1230 g/mol. The highest BCUT2D eigenvalue weighted by Gasteiger charge is 2.73. The van der Waals surface area contributed by atoms with Crippen LogP contribution in [-0.4, -0.2) is 304 Å². The van der Waals surface area contributed by atoms with E-state index in [4.69, 9.17) is 56.8 Å². The first-order valence-corrected chi connectivity index (χ1v) is 30.5. The minimum atomic E-state index is -2.10. The lowest BCUT2D eigenvalue weighted by molar-refractivity contribution is -0.388. The van der Waals surface area contributed by atoms with Gasteiger partial charge in [0, 0.05) is 18.3 Å². The Bertz CT molecular complexity index is 2210. The molecular formula is C56H92O29. The van der Waals surface area contributed by atoms with Crippen LogP contribution in [0, 0.1) is 52.3 Å². The van der Waals surface area contributed by atoms with Gasteiger partial charge in [-0.3, -0.25) is 0 Å². The maximum Gasteiger partial charge on any atom is 0.187 e. The van der Waals surface area contributed by atoms with Gasteiger partial charge in [-0.15, -0.1) is 0 Å². The zero-order valence-electron chi connectivity index (χ0n) is 48.1. The van der Waals surface area contributed by atoms with Crippen molar-refractivity contribution >= 4 is 0 Å². The summed E-state index contributed by atoms with van der Waals surface area (Å²) in [6.45, 7) is 5.56. The molecule has 0 aromatic rings. The molecule has 0 bridgehead atoms. The van der Waals surface area contributed by atoms with Gasteiger partial charge in [-0.25, -0.2) is 0 Å². The normalized spacial score (nSPS) is 57.9. The number of rotatable bonds is 15. The van der Waals surface area contributed by atoms with Crippen molar-refractivity contribution in [3.8, 4) is 0 Å². The summed E-state index contributed by atoms with van der Waals surface area (Å²) >= 11 is 0. The summed E-state index contributed by atoms with van der Waals surface area (Å²) in [5.41, 5.74) is -0.392. The van der Waals surface area contributed by atoms with Crippen molar-refractivity contribution in [3.63, 3.8) is 0 Å². The lowest BCUT2D eigenvalue weighted by Gasteiger charge is -2.62. The van der Waals surface area contributed by atoms with Gasteiger partial charge in [0.05, 0.1) is 64.1 Å². The largest absolute Gasteiger partial charge is 0.394 e. The van der Waals surface area contributed by atoms with Crippen LogP contribution in [0.2, 0.25) is 0 Å². The predicted octanol–water partition coefficient (Wildman–Crippen LogP) is -6.50. The van der Waals surface area contributed by atoms with Crippen molar-refractivity contribution in [2.45, 2.75) is 257 Å². The van der Waals surface area contributed by atoms with Crippen LogP contribution in [0.15, 0.2) is 0 Å². The number of aliphatic hydroxyl groups excluding tert-OH is 17. The van der Waals surface area contributed by atoms with E-state index in [1.165, 1.54) is 0 Å². The quantitative estimate of drug-likeness (QED) is 0.0725. The van der Waals surface area contributed by atoms with Crippen molar-refractivity contribution in [2.75, 3.05) is 39.6 Å². The molecule has 29 heteroatoms. The zero-order valence-corrected chi connectivity index (χ0v) is 48.1. The van der Waals surface area contributed by atoms with E-state index in [0.717, 1.165) is 38.5 Å². The standard InChI is InChI=1S/C56H92O29/c1-19-7-10-56(75-17-19)20(2)31-48(85-56)35(64)32-22-6-5-21-11-25(24(61)12-55(21,4)23(22)8-9-54(31,32)3)76-50-40(69)34(63)30(81-50)18-74-49-42(71)37(66)45(27(14-58)78-49)83-52-44(73)39(68)47(29(16-60)80-52)84-53-43(72)38(67)46(28(15-59)79-53)82-51-41(70)36(65)33(62)26(13-57)77-51/h19-53,57-73H,5-18H2,1-4H3/t19-,20+,21+,22-,23?,24-,25-,26-,27-,28-,29-,30-,31+,32?,33-,34-,35?,36+,37-,38-,39-,40+,41-,42+,43-,44+,45-,46-,47-,48-,49-,50-,51?,52+,53+,54-,55+,56-/m1/s1. The monoisotopic (exact) mass is 1230 g/mol. The van der Waals surface area contributed by atoms with Crippen molar-refractivity contribution in [2.24, 2.45) is 52.3 Å². The van der Waals surface area contributed by atoms with E-state index >= 15 is 0 Å². The molecule has 0 aromatic heterocycles. The minimum Gasteiger partial charge on any atom is -0.394 e. The first kappa shape index (κ1) is 65.3. The average Bonchev–Trinajstić information content (AvgIpc) is 1.82. The van der Waals surface area contributed by atoms with Gasteiger partial charge in [0.15, 0.2) is 37.2 Å². The summed E-state index contributed by atoms with van der Waals surface area (Å²) in [5.74, 6) is 0.811. The van der Waals surface area contributed by atoms with Crippen LogP contribution in [0.25, 0.3) is 0 Å². The summed E-state index contributed by atoms with van der Waals surface area (Å²) in [7, 11) is 0. The van der Waals surface area contributed by atoms with E-state index in [1.807, 2.05) is 0 Å². The Hall–Kier alpha value is -1.16. The van der Waals surface area contributed by atoms with E-state index in [2.05, 4.69) is 27.7 Å². The maximum absolute atomic E-state index is 12.2. The molecular weight excluding hydrogens is 1140 g/mol. The second-order valence-electron chi connectivity index (χ2n) is 26.9. The molecule has 17 N–H and O–H groups in total. The van der Waals surface area contributed by atoms with Crippen LogP contribution in [-0.2, 0) is 56.8 Å². The second-order valence-corrected chi connectivity index (χ2v) is 26.9. The van der Waals surface area contributed by atoms with E-state index < -0.39 is 205 Å². The van der Waals surface area contributed by atoms with Gasteiger partial charge in [-0.1, -0.05) is 27.7 Å². The Balaban J connectivity index is 0.660. The summed E-state index contributed by atoms with van der Waals surface area (Å²) in [5, 5.41) is 185. The number of fused-ring (bicyclic) bond motifs is 7. The molecule has 1 spiro atoms. The Kier molecular flexibility index (Phi) is 19.5. The van der Waals surface area contributed by atoms with Gasteiger partial charge in [0.1, 0.15) is 116 Å². The van der Waals surface area contributed by atoms with Crippen molar-refractivity contribution in [1.29, 1.82) is 0 Å². The number of ether oxygens (including phenoxy) is 12. The van der Waals surface area contributed by atoms with Crippen LogP contribution in [0.4, 0.5) is 0 Å². The SMILES string of the molecule is C[C@@H]1CC[C@@]2(OC1)O[C@H]1C(O)C3[C@@H]4CC[C@H]5C[C@@H](O[C@@H]6O[C@H](CO[C@@H]7O[C@H](CO)[C@@H](O[C@@H]8O[C@H](CO)[C@@H](O[C@@H]9O[C@H](CO)[C@@H](OC%10O[C@H](CO)[C@@H](O)[C@H](O)[C@H]%10O)[C@H](O)[C@H]9O)[C@H](O)[C@@H]8O)[C@H](O)[C@@H]7O)[C@@H](O)[C@@H]6O)[C@H](O)C[C@]5(C)C4CC[C@]3(C)[C@H]1[C@@H]2C. The van der Waals surface area contributed by atoms with Gasteiger partial charge in [-0.2, -0.15) is 0 Å². The fraction of sp³-hybridized carbons (Fsp3) is 1.00. The topological polar surface area (TPSA) is 455 Å². The summed E-state index contributed by atoms with van der Waals surface area (Å²) in [4.78, 5) is 0. The van der Waals surface area contributed by atoms with E-state index in [0.29, 0.717) is 25.4 Å². The van der Waals surface area contributed by atoms with Crippen LogP contribution < -0.4 is 0 Å². The molecule has 85 heavy (non-hydrogen) atoms. The van der Waals surface area contributed by atoms with E-state index in [9.17, 15) is 86.8 Å². The van der Waals surface area contributed by atoms with Gasteiger partial charge in [0.25, 0.3) is 0 Å². The fourth-order valence-corrected chi connectivity index (χ4v) is 17.5. The third-order valence-corrected chi connectivity index (χ3v) is 22.2. The van der Waals surface area contributed by atoms with E-state index in [-0.39, 0.29) is 52.4 Å². The molecule has 4 aliphatic carbocycles. The Morgan fingerprint density at radius 2 is 0.941 bits per heavy atom. The molecule has 490 valence electrons. The van der Waals surface area contributed by atoms with Gasteiger partial charge in [-0.05, 0) is 85.4 Å². The predicted molar refractivity (Wildman–Crippen MR) is 278 cm³/mol. The van der Waals surface area contributed by atoms with Crippen LogP contribution in [0.5, 0.6) is 0 Å². The lowest BCUT2D eigenvalue weighted by atomic mass is 9.44. The highest BCUT2D eigenvalue weighted by molar-refractivity contribution is 5.19. The molecule has 7 heterocycles. The maximum atomic E-state index is 12.2. The van der Waals surface area contributed by atoms with Crippen LogP contribution in [0.1, 0.15) is 79.1 Å². The third kappa shape index (κ3) is 11.3.